The standard InChI is InChI=1S/C25H30N2O/c1-19(2)27-24-12-10-23(11-13-24)21(5)7-6-17-26-18-16-22-8-14-25(15-9-22)28-20(3)4/h6-20,27H,5H2,1-4H3/b7-6-,18-16+,26-17+. The molecule has 28 heavy (non-hydrogen) atoms. The Morgan fingerprint density at radius 3 is 2.29 bits per heavy atom. The molecule has 0 aliphatic rings. The zero-order chi connectivity index (χ0) is 20.4. The molecule has 1 N–H and O–H groups in total. The number of anilines is 1. The summed E-state index contributed by atoms with van der Waals surface area (Å²) in [5.41, 5.74) is 4.24. The Morgan fingerprint density at radius 1 is 1.00 bits per heavy atom. The van der Waals surface area contributed by atoms with Crippen molar-refractivity contribution in [1.82, 2.24) is 0 Å². The van der Waals surface area contributed by atoms with Gasteiger partial charge in [-0.3, -0.25) is 4.99 Å². The molecule has 0 radical (unpaired) electrons. The van der Waals surface area contributed by atoms with Gasteiger partial charge in [0.25, 0.3) is 0 Å². The van der Waals surface area contributed by atoms with E-state index in [0.717, 1.165) is 28.1 Å². The molecule has 0 unspecified atom stereocenters. The second kappa shape index (κ2) is 10.9. The number of allylic oxidation sites excluding steroid dienone is 3. The van der Waals surface area contributed by atoms with E-state index >= 15 is 0 Å². The van der Waals surface area contributed by atoms with E-state index in [4.69, 9.17) is 4.74 Å². The van der Waals surface area contributed by atoms with Crippen LogP contribution in [0.4, 0.5) is 5.69 Å². The zero-order valence-corrected chi connectivity index (χ0v) is 17.2. The van der Waals surface area contributed by atoms with Crippen molar-refractivity contribution in [2.24, 2.45) is 4.99 Å². The lowest BCUT2D eigenvalue weighted by molar-refractivity contribution is 0.242. The van der Waals surface area contributed by atoms with Crippen LogP contribution in [0.1, 0.15) is 38.8 Å². The third kappa shape index (κ3) is 7.67. The quantitative estimate of drug-likeness (QED) is 0.396. The molecule has 0 saturated heterocycles. The van der Waals surface area contributed by atoms with E-state index in [9.17, 15) is 0 Å². The van der Waals surface area contributed by atoms with Crippen LogP contribution < -0.4 is 10.1 Å². The molecule has 146 valence electrons. The van der Waals surface area contributed by atoms with Crippen molar-refractivity contribution >= 4 is 23.6 Å². The lowest BCUT2D eigenvalue weighted by Crippen LogP contribution is -2.09. The third-order valence-electron chi connectivity index (χ3n) is 3.79. The number of hydrogen-bond donors (Lipinski definition) is 1. The second-order valence-electron chi connectivity index (χ2n) is 7.11. The van der Waals surface area contributed by atoms with Gasteiger partial charge in [-0.15, -0.1) is 0 Å². The van der Waals surface area contributed by atoms with E-state index in [1.165, 1.54) is 0 Å². The van der Waals surface area contributed by atoms with Crippen molar-refractivity contribution in [3.05, 3.63) is 84.6 Å². The van der Waals surface area contributed by atoms with E-state index in [2.05, 4.69) is 55.0 Å². The molecule has 0 bridgehead atoms. The maximum absolute atomic E-state index is 5.63. The first-order valence-electron chi connectivity index (χ1n) is 9.63. The molecule has 0 aromatic heterocycles. The number of benzene rings is 2. The maximum Gasteiger partial charge on any atom is 0.119 e. The minimum atomic E-state index is 0.183. The molecular formula is C25H30N2O. The predicted molar refractivity (Wildman–Crippen MR) is 123 cm³/mol. The van der Waals surface area contributed by atoms with Gasteiger partial charge in [-0.05, 0) is 80.8 Å². The fraction of sp³-hybridized carbons (Fsp3) is 0.240. The molecule has 0 aliphatic carbocycles. The highest BCUT2D eigenvalue weighted by molar-refractivity contribution is 5.81. The molecule has 0 heterocycles. The van der Waals surface area contributed by atoms with Crippen LogP contribution in [0.5, 0.6) is 5.75 Å². The number of aliphatic imine (C=N–C) groups is 1. The maximum atomic E-state index is 5.63. The van der Waals surface area contributed by atoms with Gasteiger partial charge in [-0.25, -0.2) is 0 Å². The largest absolute Gasteiger partial charge is 0.491 e. The molecule has 2 aromatic rings. The molecule has 0 amide bonds. The van der Waals surface area contributed by atoms with Gasteiger partial charge in [-0.1, -0.05) is 36.9 Å². The van der Waals surface area contributed by atoms with Crippen molar-refractivity contribution in [1.29, 1.82) is 0 Å². The Hall–Kier alpha value is -3.07. The number of nitrogens with zero attached hydrogens (tertiary/aromatic N) is 1. The van der Waals surface area contributed by atoms with Gasteiger partial charge >= 0.3 is 0 Å². The normalized spacial score (nSPS) is 11.9. The molecule has 0 fully saturated rings. The summed E-state index contributed by atoms with van der Waals surface area (Å²) in [5.74, 6) is 0.880. The van der Waals surface area contributed by atoms with E-state index in [1.807, 2.05) is 56.3 Å². The molecule has 0 saturated carbocycles. The Bertz CT molecular complexity index is 826. The topological polar surface area (TPSA) is 33.6 Å². The lowest BCUT2D eigenvalue weighted by Gasteiger charge is -2.10. The van der Waals surface area contributed by atoms with Crippen LogP contribution in [0.2, 0.25) is 0 Å². The Labute approximate surface area is 169 Å². The summed E-state index contributed by atoms with van der Waals surface area (Å²) in [7, 11) is 0. The van der Waals surface area contributed by atoms with E-state index in [-0.39, 0.29) is 6.10 Å². The first-order valence-corrected chi connectivity index (χ1v) is 9.63. The summed E-state index contributed by atoms with van der Waals surface area (Å²) < 4.78 is 5.63. The SMILES string of the molecule is C=C(\C=C/C=N/C=C/c1ccc(OC(C)C)cc1)c1ccc(NC(C)C)cc1. The van der Waals surface area contributed by atoms with Gasteiger partial charge in [-0.2, -0.15) is 0 Å². The highest BCUT2D eigenvalue weighted by Gasteiger charge is 1.98. The van der Waals surface area contributed by atoms with E-state index in [0.29, 0.717) is 6.04 Å². The Morgan fingerprint density at radius 2 is 1.68 bits per heavy atom. The zero-order valence-electron chi connectivity index (χ0n) is 17.2. The van der Waals surface area contributed by atoms with Gasteiger partial charge < -0.3 is 10.1 Å². The van der Waals surface area contributed by atoms with Crippen LogP contribution in [0.15, 0.2) is 78.5 Å². The number of rotatable bonds is 9. The molecule has 0 atom stereocenters. The van der Waals surface area contributed by atoms with Gasteiger partial charge in [0.2, 0.25) is 0 Å². The van der Waals surface area contributed by atoms with Crippen molar-refractivity contribution in [3.63, 3.8) is 0 Å². The molecule has 3 nitrogen and oxygen atoms in total. The van der Waals surface area contributed by atoms with Gasteiger partial charge in [0.15, 0.2) is 0 Å². The second-order valence-corrected chi connectivity index (χ2v) is 7.11. The summed E-state index contributed by atoms with van der Waals surface area (Å²) in [6, 6.07) is 16.7. The average Bonchev–Trinajstić information content (AvgIpc) is 2.65. The summed E-state index contributed by atoms with van der Waals surface area (Å²) in [5, 5.41) is 3.38. The highest BCUT2D eigenvalue weighted by atomic mass is 16.5. The first-order chi connectivity index (χ1) is 13.4. The highest BCUT2D eigenvalue weighted by Crippen LogP contribution is 2.17. The van der Waals surface area contributed by atoms with Crippen molar-refractivity contribution < 1.29 is 4.74 Å². The van der Waals surface area contributed by atoms with Crippen LogP contribution >= 0.6 is 0 Å². The van der Waals surface area contributed by atoms with Crippen molar-refractivity contribution in [3.8, 4) is 5.75 Å². The summed E-state index contributed by atoms with van der Waals surface area (Å²) in [4.78, 5) is 4.28. The minimum absolute atomic E-state index is 0.183. The van der Waals surface area contributed by atoms with E-state index < -0.39 is 0 Å². The fourth-order valence-electron chi connectivity index (χ4n) is 2.53. The monoisotopic (exact) mass is 374 g/mol. The molecular weight excluding hydrogens is 344 g/mol. The molecule has 0 aliphatic heterocycles. The Balaban J connectivity index is 1.83. The van der Waals surface area contributed by atoms with Gasteiger partial charge in [0.05, 0.1) is 6.10 Å². The lowest BCUT2D eigenvalue weighted by atomic mass is 10.1. The van der Waals surface area contributed by atoms with Crippen LogP contribution in [0, 0.1) is 0 Å². The summed E-state index contributed by atoms with van der Waals surface area (Å²) in [6.07, 6.45) is 9.53. The third-order valence-corrected chi connectivity index (χ3v) is 3.79. The average molecular weight is 375 g/mol. The number of ether oxygens (including phenoxy) is 1. The van der Waals surface area contributed by atoms with Gasteiger partial charge in [0.1, 0.15) is 5.75 Å². The van der Waals surface area contributed by atoms with Crippen molar-refractivity contribution in [2.75, 3.05) is 5.32 Å². The summed E-state index contributed by atoms with van der Waals surface area (Å²) >= 11 is 0. The number of hydrogen-bond acceptors (Lipinski definition) is 3. The predicted octanol–water partition coefficient (Wildman–Crippen LogP) is 6.61. The van der Waals surface area contributed by atoms with E-state index in [1.54, 1.807) is 12.4 Å². The minimum Gasteiger partial charge on any atom is -0.491 e. The Kier molecular flexibility index (Phi) is 8.29. The van der Waals surface area contributed by atoms with Crippen LogP contribution in [-0.2, 0) is 0 Å². The van der Waals surface area contributed by atoms with Crippen LogP contribution in [0.25, 0.3) is 11.6 Å². The molecule has 2 rings (SSSR count). The molecule has 2 aromatic carbocycles. The fourth-order valence-corrected chi connectivity index (χ4v) is 2.53. The molecule has 0 spiro atoms. The molecule has 3 heteroatoms. The number of nitrogens with one attached hydrogen (secondary N) is 1. The van der Waals surface area contributed by atoms with Gasteiger partial charge in [0, 0.05) is 24.1 Å². The smallest absolute Gasteiger partial charge is 0.119 e. The summed E-state index contributed by atoms with van der Waals surface area (Å²) in [6.45, 7) is 12.4. The van der Waals surface area contributed by atoms with Crippen LogP contribution in [0.3, 0.4) is 0 Å². The van der Waals surface area contributed by atoms with Crippen molar-refractivity contribution in [2.45, 2.75) is 39.8 Å². The van der Waals surface area contributed by atoms with Crippen LogP contribution in [-0.4, -0.2) is 18.4 Å². The first kappa shape index (κ1) is 21.2.